The van der Waals surface area contributed by atoms with Gasteiger partial charge in [0, 0.05) is 12.6 Å². The van der Waals surface area contributed by atoms with Crippen LogP contribution in [-0.2, 0) is 0 Å². The van der Waals surface area contributed by atoms with Gasteiger partial charge in [-0.15, -0.1) is 0 Å². The molecule has 1 unspecified atom stereocenters. The Bertz CT molecular complexity index is 926. The average molecular weight is 429 g/mol. The molecule has 0 saturated heterocycles. The Balaban J connectivity index is 2.50. The lowest BCUT2D eigenvalue weighted by Crippen LogP contribution is -2.14. The van der Waals surface area contributed by atoms with Gasteiger partial charge in [-0.2, -0.15) is 4.98 Å². The molecule has 0 aliphatic heterocycles. The molecule has 2 aromatic heterocycles. The number of unbranched alkanes of at least 4 members (excludes halogenated alkanes) is 1. The van der Waals surface area contributed by atoms with Crippen LogP contribution in [0.1, 0.15) is 73.3 Å². The number of rotatable bonds is 12. The third kappa shape index (κ3) is 6.91. The fraction of sp³-hybridized carbons (Fsp3) is 0.542. The van der Waals surface area contributed by atoms with Crippen molar-refractivity contribution in [2.45, 2.75) is 73.3 Å². The van der Waals surface area contributed by atoms with Crippen LogP contribution in [0.3, 0.4) is 0 Å². The fourth-order valence-corrected chi connectivity index (χ4v) is 3.26. The van der Waals surface area contributed by atoms with Crippen molar-refractivity contribution in [3.05, 3.63) is 42.0 Å². The van der Waals surface area contributed by atoms with Crippen molar-refractivity contribution in [3.8, 4) is 0 Å². The number of allylic oxidation sites excluding steroid dienone is 6. The van der Waals surface area contributed by atoms with Crippen molar-refractivity contribution < 1.29 is 4.39 Å². The van der Waals surface area contributed by atoms with Crippen molar-refractivity contribution >= 4 is 23.1 Å². The van der Waals surface area contributed by atoms with E-state index in [1.807, 2.05) is 13.0 Å². The monoisotopic (exact) mass is 428 g/mol. The molecule has 0 bridgehead atoms. The first-order chi connectivity index (χ1) is 14.9. The van der Waals surface area contributed by atoms with Crippen LogP contribution >= 0.6 is 0 Å². The molecule has 0 spiro atoms. The zero-order valence-corrected chi connectivity index (χ0v) is 19.7. The van der Waals surface area contributed by atoms with Gasteiger partial charge < -0.3 is 10.6 Å². The smallest absolute Gasteiger partial charge is 0.224 e. The maximum Gasteiger partial charge on any atom is 0.224 e. The average Bonchev–Trinajstić information content (AvgIpc) is 3.10. The standard InChI is InChI=1S/C24H37FN6/c1-7-10-12-14-20(25)18(6)28-24-29-21-16-27-23(26-15-17(4)5)30-22(21)31(24)19(9-3)13-11-8-2/h7,10,12,14,16-17,19H,8-9,11,13,15H2,1-6H3,(H,28,29)(H,26,27,30)/b10-7-,14-12-,20-18-. The van der Waals surface area contributed by atoms with Crippen molar-refractivity contribution in [3.63, 3.8) is 0 Å². The Morgan fingerprint density at radius 3 is 2.65 bits per heavy atom. The summed E-state index contributed by atoms with van der Waals surface area (Å²) in [6, 6.07) is 0.217. The lowest BCUT2D eigenvalue weighted by atomic mass is 10.1. The van der Waals surface area contributed by atoms with Crippen LogP contribution in [0.4, 0.5) is 16.3 Å². The van der Waals surface area contributed by atoms with Crippen molar-refractivity contribution in [1.82, 2.24) is 19.5 Å². The lowest BCUT2D eigenvalue weighted by Gasteiger charge is -2.20. The molecular formula is C24H37FN6. The van der Waals surface area contributed by atoms with Crippen LogP contribution in [-0.4, -0.2) is 26.1 Å². The van der Waals surface area contributed by atoms with Crippen LogP contribution in [0.15, 0.2) is 42.0 Å². The number of halogens is 1. The Labute approximate surface area is 185 Å². The number of nitrogens with one attached hydrogen (secondary N) is 2. The molecule has 0 aliphatic carbocycles. The van der Waals surface area contributed by atoms with Crippen LogP contribution in [0.25, 0.3) is 11.2 Å². The molecule has 0 fully saturated rings. The van der Waals surface area contributed by atoms with Crippen molar-refractivity contribution in [2.75, 3.05) is 17.2 Å². The van der Waals surface area contributed by atoms with E-state index in [2.05, 4.69) is 47.9 Å². The predicted octanol–water partition coefficient (Wildman–Crippen LogP) is 6.78. The van der Waals surface area contributed by atoms with E-state index < -0.39 is 0 Å². The van der Waals surface area contributed by atoms with E-state index in [1.54, 1.807) is 25.3 Å². The van der Waals surface area contributed by atoms with Gasteiger partial charge in [0.05, 0.1) is 11.9 Å². The van der Waals surface area contributed by atoms with Crippen LogP contribution in [0.5, 0.6) is 0 Å². The van der Waals surface area contributed by atoms with E-state index >= 15 is 0 Å². The first-order valence-electron chi connectivity index (χ1n) is 11.3. The fourth-order valence-electron chi connectivity index (χ4n) is 3.26. The van der Waals surface area contributed by atoms with Gasteiger partial charge in [-0.1, -0.05) is 58.8 Å². The molecule has 0 aliphatic rings. The quantitative estimate of drug-likeness (QED) is 0.365. The van der Waals surface area contributed by atoms with Gasteiger partial charge in [-0.3, -0.25) is 4.57 Å². The number of hydrogen-bond acceptors (Lipinski definition) is 5. The minimum atomic E-state index is -0.330. The summed E-state index contributed by atoms with van der Waals surface area (Å²) in [5.41, 5.74) is 1.88. The molecule has 2 rings (SSSR count). The van der Waals surface area contributed by atoms with Crippen molar-refractivity contribution in [2.24, 2.45) is 5.92 Å². The second-order valence-electron chi connectivity index (χ2n) is 8.17. The Morgan fingerprint density at radius 1 is 1.23 bits per heavy atom. The molecule has 2 heterocycles. The van der Waals surface area contributed by atoms with Gasteiger partial charge in [0.15, 0.2) is 5.65 Å². The molecule has 0 saturated carbocycles. The third-order valence-electron chi connectivity index (χ3n) is 5.03. The zero-order valence-electron chi connectivity index (χ0n) is 19.7. The molecule has 6 nitrogen and oxygen atoms in total. The van der Waals surface area contributed by atoms with Crippen LogP contribution in [0.2, 0.25) is 0 Å². The maximum absolute atomic E-state index is 14.5. The van der Waals surface area contributed by atoms with Crippen molar-refractivity contribution in [1.29, 1.82) is 0 Å². The number of anilines is 2. The summed E-state index contributed by atoms with van der Waals surface area (Å²) in [5.74, 6) is 1.34. The Hall–Kier alpha value is -2.70. The van der Waals surface area contributed by atoms with Gasteiger partial charge in [0.2, 0.25) is 11.9 Å². The van der Waals surface area contributed by atoms with E-state index in [0.29, 0.717) is 29.0 Å². The summed E-state index contributed by atoms with van der Waals surface area (Å²) in [4.78, 5) is 13.9. The van der Waals surface area contributed by atoms with E-state index in [4.69, 9.17) is 9.97 Å². The number of imidazole rings is 1. The first-order valence-corrected chi connectivity index (χ1v) is 11.3. The summed E-state index contributed by atoms with van der Waals surface area (Å²) >= 11 is 0. The minimum absolute atomic E-state index is 0.217. The van der Waals surface area contributed by atoms with Crippen LogP contribution < -0.4 is 10.6 Å². The highest BCUT2D eigenvalue weighted by Gasteiger charge is 2.20. The van der Waals surface area contributed by atoms with Gasteiger partial charge in [0.25, 0.3) is 0 Å². The Morgan fingerprint density at radius 2 is 2.00 bits per heavy atom. The highest BCUT2D eigenvalue weighted by atomic mass is 19.1. The molecule has 7 heteroatoms. The van der Waals surface area contributed by atoms with Crippen LogP contribution in [0, 0.1) is 5.92 Å². The van der Waals surface area contributed by atoms with E-state index in [0.717, 1.165) is 37.9 Å². The number of aromatic nitrogens is 4. The normalized spacial score (nSPS) is 14.1. The van der Waals surface area contributed by atoms with Gasteiger partial charge in [0.1, 0.15) is 11.3 Å². The molecule has 1 atom stereocenters. The molecule has 2 N–H and O–H groups in total. The van der Waals surface area contributed by atoms with E-state index in [9.17, 15) is 4.39 Å². The SMILES string of the molecule is C\C=C/C=C\C(F)=C(/C)Nc1nc2cnc(NCC(C)C)nc2n1C(CC)CCCC. The largest absolute Gasteiger partial charge is 0.354 e. The number of nitrogens with zero attached hydrogens (tertiary/aromatic N) is 4. The highest BCUT2D eigenvalue weighted by molar-refractivity contribution is 5.75. The minimum Gasteiger partial charge on any atom is -0.354 e. The summed E-state index contributed by atoms with van der Waals surface area (Å²) < 4.78 is 16.7. The molecular weight excluding hydrogens is 391 g/mol. The number of fused-ring (bicyclic) bond motifs is 1. The predicted molar refractivity (Wildman–Crippen MR) is 129 cm³/mol. The second kappa shape index (κ2) is 12.2. The highest BCUT2D eigenvalue weighted by Crippen LogP contribution is 2.30. The first kappa shape index (κ1) is 24.6. The molecule has 0 amide bonds. The third-order valence-corrected chi connectivity index (χ3v) is 5.03. The zero-order chi connectivity index (χ0) is 22.8. The Kier molecular flexibility index (Phi) is 9.69. The maximum atomic E-state index is 14.5. The van der Waals surface area contributed by atoms with Gasteiger partial charge >= 0.3 is 0 Å². The second-order valence-corrected chi connectivity index (χ2v) is 8.17. The van der Waals surface area contributed by atoms with E-state index in [1.165, 1.54) is 6.08 Å². The summed E-state index contributed by atoms with van der Waals surface area (Å²) in [7, 11) is 0. The lowest BCUT2D eigenvalue weighted by molar-refractivity contribution is 0.448. The molecule has 2 aromatic rings. The van der Waals surface area contributed by atoms with Gasteiger partial charge in [-0.25, -0.2) is 14.4 Å². The molecule has 0 radical (unpaired) electrons. The summed E-state index contributed by atoms with van der Waals surface area (Å²) in [5, 5.41) is 6.47. The van der Waals surface area contributed by atoms with E-state index in [-0.39, 0.29) is 11.9 Å². The van der Waals surface area contributed by atoms with Gasteiger partial charge in [-0.05, 0) is 38.7 Å². The number of hydrogen-bond donors (Lipinski definition) is 2. The molecule has 170 valence electrons. The molecule has 31 heavy (non-hydrogen) atoms. The summed E-state index contributed by atoms with van der Waals surface area (Å²) in [6.07, 6.45) is 12.7. The summed E-state index contributed by atoms with van der Waals surface area (Å²) in [6.45, 7) is 13.0. The molecule has 0 aromatic carbocycles. The topological polar surface area (TPSA) is 67.7 Å².